The molecule has 1 aliphatic rings. The lowest BCUT2D eigenvalue weighted by Crippen LogP contribution is -2.25. The predicted molar refractivity (Wildman–Crippen MR) is 155 cm³/mol. The van der Waals surface area contributed by atoms with Gasteiger partial charge in [0.25, 0.3) is 0 Å². The summed E-state index contributed by atoms with van der Waals surface area (Å²) in [6.07, 6.45) is 2.19. The van der Waals surface area contributed by atoms with Gasteiger partial charge in [-0.2, -0.15) is 0 Å². The van der Waals surface area contributed by atoms with Crippen molar-refractivity contribution in [2.75, 3.05) is 20.3 Å². The number of carbonyl (C=O) groups excluding carboxylic acids is 1. The molecule has 0 spiro atoms. The molecule has 0 fully saturated rings. The fraction of sp³-hybridized carbons (Fsp3) is 0.333. The number of imidazole rings is 1. The number of carbonyl (C=O) groups is 1. The van der Waals surface area contributed by atoms with Crippen LogP contribution in [0.2, 0.25) is 0 Å². The van der Waals surface area contributed by atoms with Gasteiger partial charge in [0.05, 0.1) is 24.1 Å². The van der Waals surface area contributed by atoms with E-state index in [1.54, 1.807) is 0 Å². The molecule has 0 saturated heterocycles. The van der Waals surface area contributed by atoms with Crippen LogP contribution in [0.1, 0.15) is 52.6 Å². The molecule has 0 saturated carbocycles. The molecule has 0 atom stereocenters. The van der Waals surface area contributed by atoms with Crippen molar-refractivity contribution in [2.45, 2.75) is 52.9 Å². The summed E-state index contributed by atoms with van der Waals surface area (Å²) in [7, 11) is 1.40. The van der Waals surface area contributed by atoms with Gasteiger partial charge in [0.15, 0.2) is 11.5 Å². The topological polar surface area (TPSA) is 65.8 Å². The number of esters is 1. The first-order valence-corrected chi connectivity index (χ1v) is 13.9. The molecule has 0 radical (unpaired) electrons. The number of benzene rings is 3. The highest BCUT2D eigenvalue weighted by Crippen LogP contribution is 2.32. The summed E-state index contributed by atoms with van der Waals surface area (Å²) in [5.41, 5.74) is 6.20. The maximum absolute atomic E-state index is 12.0. The number of hydrogen-bond donors (Lipinski definition) is 0. The maximum atomic E-state index is 12.0. The first-order chi connectivity index (χ1) is 19.6. The van der Waals surface area contributed by atoms with E-state index in [4.69, 9.17) is 19.2 Å². The van der Waals surface area contributed by atoms with Crippen molar-refractivity contribution in [2.24, 2.45) is 0 Å². The smallest absolute Gasteiger partial charge is 0.337 e. The van der Waals surface area contributed by atoms with Crippen molar-refractivity contribution in [1.29, 1.82) is 0 Å². The van der Waals surface area contributed by atoms with Crippen molar-refractivity contribution in [1.82, 2.24) is 14.5 Å². The Balaban J connectivity index is 1.47. The number of hydrogen-bond acceptors (Lipinski definition) is 6. The van der Waals surface area contributed by atoms with E-state index in [0.717, 1.165) is 65.6 Å². The molecule has 7 heteroatoms. The van der Waals surface area contributed by atoms with Gasteiger partial charge in [-0.25, -0.2) is 9.78 Å². The third kappa shape index (κ3) is 6.37. The van der Waals surface area contributed by atoms with E-state index in [1.165, 1.54) is 12.8 Å². The molecule has 4 aromatic rings. The van der Waals surface area contributed by atoms with E-state index in [2.05, 4.69) is 59.7 Å². The van der Waals surface area contributed by atoms with Crippen LogP contribution >= 0.6 is 0 Å². The number of nitrogens with zero attached hydrogens (tertiary/aromatic N) is 3. The summed E-state index contributed by atoms with van der Waals surface area (Å²) >= 11 is 0. The van der Waals surface area contributed by atoms with Crippen LogP contribution in [0.4, 0.5) is 0 Å². The summed E-state index contributed by atoms with van der Waals surface area (Å²) in [4.78, 5) is 19.4. The minimum absolute atomic E-state index is 0.330. The molecule has 1 aliphatic heterocycles. The van der Waals surface area contributed by atoms with Gasteiger partial charge in [-0.3, -0.25) is 4.90 Å². The Kier molecular flexibility index (Phi) is 8.81. The quantitative estimate of drug-likeness (QED) is 0.205. The van der Waals surface area contributed by atoms with E-state index in [9.17, 15) is 4.79 Å². The second-order valence-corrected chi connectivity index (χ2v) is 10.2. The number of aromatic nitrogens is 2. The number of fused-ring (bicyclic) bond motifs is 1. The van der Waals surface area contributed by atoms with E-state index >= 15 is 0 Å². The van der Waals surface area contributed by atoms with Gasteiger partial charge in [-0.05, 0) is 48.7 Å². The third-order valence-electron chi connectivity index (χ3n) is 7.21. The zero-order valence-electron chi connectivity index (χ0n) is 23.6. The van der Waals surface area contributed by atoms with Crippen molar-refractivity contribution in [3.05, 3.63) is 101 Å². The highest BCUT2D eigenvalue weighted by atomic mass is 16.6. The standard InChI is InChI=1S/C33H37N3O4/c1-4-5-17-36-29(24(2)34-32(36)27-9-7-6-8-10-27)23-35(21-25-11-14-28(15-12-25)33(37)38-3)22-26-13-16-30-31(20-26)40-19-18-39-30/h6-16,20H,4-5,17-19,21-23H2,1-3H3. The largest absolute Gasteiger partial charge is 0.486 e. The van der Waals surface area contributed by atoms with E-state index in [0.29, 0.717) is 31.9 Å². The SMILES string of the molecule is CCCCn1c(-c2ccccc2)nc(C)c1CN(Cc1ccc(C(=O)OC)cc1)Cc1ccc2c(c1)OCCO2. The van der Waals surface area contributed by atoms with Crippen LogP contribution in [-0.2, 0) is 30.9 Å². The minimum atomic E-state index is -0.330. The average Bonchev–Trinajstić information content (AvgIpc) is 3.30. The fourth-order valence-electron chi connectivity index (χ4n) is 5.12. The molecular formula is C33H37N3O4. The van der Waals surface area contributed by atoms with Gasteiger partial charge < -0.3 is 18.8 Å². The Morgan fingerprint density at radius 3 is 2.35 bits per heavy atom. The summed E-state index contributed by atoms with van der Waals surface area (Å²) in [5, 5.41) is 0. The zero-order chi connectivity index (χ0) is 27.9. The minimum Gasteiger partial charge on any atom is -0.486 e. The van der Waals surface area contributed by atoms with Gasteiger partial charge in [0, 0.05) is 31.7 Å². The van der Waals surface area contributed by atoms with E-state index in [1.807, 2.05) is 36.4 Å². The van der Waals surface area contributed by atoms with Crippen molar-refractivity contribution in [3.63, 3.8) is 0 Å². The highest BCUT2D eigenvalue weighted by Gasteiger charge is 2.20. The maximum Gasteiger partial charge on any atom is 0.337 e. The molecule has 7 nitrogen and oxygen atoms in total. The summed E-state index contributed by atoms with van der Waals surface area (Å²) in [6.45, 7) is 8.53. The summed E-state index contributed by atoms with van der Waals surface area (Å²) in [6, 6.07) is 24.3. The second kappa shape index (κ2) is 12.8. The molecule has 0 bridgehead atoms. The van der Waals surface area contributed by atoms with E-state index < -0.39 is 0 Å². The van der Waals surface area contributed by atoms with Crippen LogP contribution in [0.5, 0.6) is 11.5 Å². The predicted octanol–water partition coefficient (Wildman–Crippen LogP) is 6.42. The van der Waals surface area contributed by atoms with Crippen molar-refractivity contribution < 1.29 is 19.0 Å². The van der Waals surface area contributed by atoms with Crippen molar-refractivity contribution >= 4 is 5.97 Å². The van der Waals surface area contributed by atoms with Gasteiger partial charge in [-0.1, -0.05) is 61.9 Å². The van der Waals surface area contributed by atoms with Gasteiger partial charge >= 0.3 is 5.97 Å². The zero-order valence-corrected chi connectivity index (χ0v) is 23.6. The van der Waals surface area contributed by atoms with Crippen LogP contribution in [0.3, 0.4) is 0 Å². The molecule has 2 heterocycles. The van der Waals surface area contributed by atoms with Crippen LogP contribution in [0, 0.1) is 6.92 Å². The summed E-state index contributed by atoms with van der Waals surface area (Å²) < 4.78 is 18.9. The Labute approximate surface area is 236 Å². The molecule has 5 rings (SSSR count). The van der Waals surface area contributed by atoms with Gasteiger partial charge in [0.2, 0.25) is 0 Å². The van der Waals surface area contributed by atoms with Crippen LogP contribution < -0.4 is 9.47 Å². The molecule has 0 N–H and O–H groups in total. The van der Waals surface area contributed by atoms with Crippen LogP contribution in [-0.4, -0.2) is 40.7 Å². The lowest BCUT2D eigenvalue weighted by molar-refractivity contribution is 0.0600. The molecule has 0 amide bonds. The third-order valence-corrected chi connectivity index (χ3v) is 7.21. The molecular weight excluding hydrogens is 502 g/mol. The molecule has 0 aliphatic carbocycles. The number of unbranched alkanes of at least 4 members (excludes halogenated alkanes) is 1. The molecule has 40 heavy (non-hydrogen) atoms. The number of ether oxygens (including phenoxy) is 3. The van der Waals surface area contributed by atoms with Crippen LogP contribution in [0.15, 0.2) is 72.8 Å². The van der Waals surface area contributed by atoms with Gasteiger partial charge in [0.1, 0.15) is 19.0 Å². The average molecular weight is 540 g/mol. The molecule has 3 aromatic carbocycles. The number of methoxy groups -OCH3 is 1. The number of aryl methyl sites for hydroxylation is 1. The highest BCUT2D eigenvalue weighted by molar-refractivity contribution is 5.89. The Hall–Kier alpha value is -4.10. The molecule has 1 aromatic heterocycles. The summed E-state index contributed by atoms with van der Waals surface area (Å²) in [5.74, 6) is 2.27. The van der Waals surface area contributed by atoms with Crippen molar-refractivity contribution in [3.8, 4) is 22.9 Å². The van der Waals surface area contributed by atoms with Gasteiger partial charge in [-0.15, -0.1) is 0 Å². The Bertz CT molecular complexity index is 1430. The molecule has 208 valence electrons. The first-order valence-electron chi connectivity index (χ1n) is 13.9. The lowest BCUT2D eigenvalue weighted by Gasteiger charge is -2.25. The van der Waals surface area contributed by atoms with E-state index in [-0.39, 0.29) is 5.97 Å². The fourth-order valence-corrected chi connectivity index (χ4v) is 5.12. The lowest BCUT2D eigenvalue weighted by atomic mass is 10.1. The van der Waals surface area contributed by atoms with Crippen LogP contribution in [0.25, 0.3) is 11.4 Å². The Morgan fingerprint density at radius 1 is 0.925 bits per heavy atom. The first kappa shape index (κ1) is 27.5. The second-order valence-electron chi connectivity index (χ2n) is 10.2. The molecule has 0 unspecified atom stereocenters. The Morgan fingerprint density at radius 2 is 1.62 bits per heavy atom. The number of rotatable bonds is 11. The monoisotopic (exact) mass is 539 g/mol. The normalized spacial score (nSPS) is 12.5.